The Morgan fingerprint density at radius 2 is 2.28 bits per heavy atom. The van der Waals surface area contributed by atoms with Crippen molar-refractivity contribution < 1.29 is 19.4 Å². The summed E-state index contributed by atoms with van der Waals surface area (Å²) < 4.78 is 4.89. The second-order valence-electron chi connectivity index (χ2n) is 3.31. The highest BCUT2D eigenvalue weighted by atomic mass is 32.2. The Kier molecular flexibility index (Phi) is 5.28. The van der Waals surface area contributed by atoms with Gasteiger partial charge in [0.25, 0.3) is 0 Å². The van der Waals surface area contributed by atoms with Crippen LogP contribution < -0.4 is 4.74 Å². The highest BCUT2D eigenvalue weighted by molar-refractivity contribution is 8.13. The molecule has 0 aliphatic rings. The van der Waals surface area contributed by atoms with Gasteiger partial charge in [0, 0.05) is 24.1 Å². The number of methoxy groups -OCH3 is 1. The number of phenolic OH excluding ortho intramolecular Hbond substituents is 1. The normalized spacial score (nSPS) is 9.22. The molecule has 0 saturated carbocycles. The molecule has 0 radical (unpaired) electrons. The Morgan fingerprint density at radius 3 is 2.83 bits per heavy atom. The molecule has 5 heteroatoms. The van der Waals surface area contributed by atoms with E-state index in [1.807, 2.05) is 0 Å². The third kappa shape index (κ3) is 3.82. The molecular weight excluding hydrogens is 252 g/mol. The molecule has 1 aromatic rings. The first kappa shape index (κ1) is 14.1. The number of carbonyl (C=O) groups excluding carboxylic acids is 2. The number of thioether (sulfide) groups is 1. The first-order valence-electron chi connectivity index (χ1n) is 5.07. The van der Waals surface area contributed by atoms with Crippen LogP contribution in [0.25, 0.3) is 0 Å². The van der Waals surface area contributed by atoms with E-state index in [0.717, 1.165) is 11.8 Å². The van der Waals surface area contributed by atoms with E-state index in [9.17, 15) is 14.7 Å². The average molecular weight is 264 g/mol. The van der Waals surface area contributed by atoms with Crippen LogP contribution in [0.4, 0.5) is 0 Å². The van der Waals surface area contributed by atoms with Crippen LogP contribution in [0.1, 0.15) is 22.8 Å². The predicted molar refractivity (Wildman–Crippen MR) is 70.1 cm³/mol. The maximum absolute atomic E-state index is 10.9. The number of phenols is 1. The fraction of sp³-hybridized carbons (Fsp3) is 0.231. The SMILES string of the molecule is COc1cc(C=O)c(C#CCSC(C)=O)cc1O. The van der Waals surface area contributed by atoms with Crippen molar-refractivity contribution >= 4 is 23.2 Å². The molecule has 1 N–H and O–H groups in total. The largest absolute Gasteiger partial charge is 0.504 e. The van der Waals surface area contributed by atoms with Gasteiger partial charge in [-0.3, -0.25) is 9.59 Å². The Morgan fingerprint density at radius 1 is 1.56 bits per heavy atom. The quantitative estimate of drug-likeness (QED) is 0.666. The number of ether oxygens (including phenoxy) is 1. The average Bonchev–Trinajstić information content (AvgIpc) is 2.34. The zero-order valence-corrected chi connectivity index (χ0v) is 10.8. The maximum atomic E-state index is 10.9. The van der Waals surface area contributed by atoms with Gasteiger partial charge in [-0.05, 0) is 6.07 Å². The molecule has 94 valence electrons. The van der Waals surface area contributed by atoms with Crippen molar-refractivity contribution in [3.8, 4) is 23.3 Å². The predicted octanol–water partition coefficient (Wildman–Crippen LogP) is 1.84. The van der Waals surface area contributed by atoms with Crippen molar-refractivity contribution in [3.05, 3.63) is 23.3 Å². The van der Waals surface area contributed by atoms with Gasteiger partial charge in [-0.2, -0.15) is 0 Å². The fourth-order valence-corrected chi connectivity index (χ4v) is 1.57. The smallest absolute Gasteiger partial charge is 0.186 e. The summed E-state index contributed by atoms with van der Waals surface area (Å²) in [5, 5.41) is 9.57. The molecule has 1 rings (SSSR count). The minimum atomic E-state index is -0.0772. The summed E-state index contributed by atoms with van der Waals surface area (Å²) in [5.74, 6) is 5.99. The standard InChI is InChI=1S/C13H12O4S/c1-9(15)18-5-3-4-10-6-12(16)13(17-2)7-11(10)8-14/h6-8,16H,5H2,1-2H3. The van der Waals surface area contributed by atoms with Gasteiger partial charge in [0.05, 0.1) is 12.9 Å². The van der Waals surface area contributed by atoms with E-state index in [1.54, 1.807) is 0 Å². The van der Waals surface area contributed by atoms with E-state index in [1.165, 1.54) is 26.2 Å². The molecule has 4 nitrogen and oxygen atoms in total. The molecule has 0 amide bonds. The highest BCUT2D eigenvalue weighted by Gasteiger charge is 2.07. The zero-order chi connectivity index (χ0) is 13.5. The lowest BCUT2D eigenvalue weighted by molar-refractivity contribution is -0.109. The van der Waals surface area contributed by atoms with Gasteiger partial charge < -0.3 is 9.84 Å². The second-order valence-corrected chi connectivity index (χ2v) is 4.46. The number of aldehydes is 1. The number of benzene rings is 1. The van der Waals surface area contributed by atoms with Gasteiger partial charge in [-0.1, -0.05) is 23.6 Å². The lowest BCUT2D eigenvalue weighted by atomic mass is 10.1. The Hall–Kier alpha value is -1.93. The Labute approximate surface area is 109 Å². The number of hydrogen-bond donors (Lipinski definition) is 1. The van der Waals surface area contributed by atoms with Gasteiger partial charge in [-0.15, -0.1) is 0 Å². The molecule has 0 aromatic heterocycles. The van der Waals surface area contributed by atoms with Crippen LogP contribution in [0.2, 0.25) is 0 Å². The summed E-state index contributed by atoms with van der Waals surface area (Å²) in [5.41, 5.74) is 0.748. The molecule has 0 bridgehead atoms. The molecule has 18 heavy (non-hydrogen) atoms. The van der Waals surface area contributed by atoms with Crippen LogP contribution >= 0.6 is 11.8 Å². The van der Waals surface area contributed by atoms with Crippen molar-refractivity contribution in [1.82, 2.24) is 0 Å². The first-order valence-corrected chi connectivity index (χ1v) is 6.05. The van der Waals surface area contributed by atoms with E-state index in [-0.39, 0.29) is 16.6 Å². The van der Waals surface area contributed by atoms with Crippen molar-refractivity contribution in [2.75, 3.05) is 12.9 Å². The van der Waals surface area contributed by atoms with E-state index < -0.39 is 0 Å². The van der Waals surface area contributed by atoms with Crippen LogP contribution in [0.15, 0.2) is 12.1 Å². The summed E-state index contributed by atoms with van der Waals surface area (Å²) in [4.78, 5) is 21.6. The van der Waals surface area contributed by atoms with E-state index in [0.29, 0.717) is 23.2 Å². The van der Waals surface area contributed by atoms with Crippen LogP contribution in [-0.2, 0) is 4.79 Å². The van der Waals surface area contributed by atoms with Crippen molar-refractivity contribution in [2.24, 2.45) is 0 Å². The molecule has 0 aliphatic carbocycles. The highest BCUT2D eigenvalue weighted by Crippen LogP contribution is 2.28. The zero-order valence-electron chi connectivity index (χ0n) is 10.0. The lowest BCUT2D eigenvalue weighted by Crippen LogP contribution is -1.92. The monoisotopic (exact) mass is 264 g/mol. The molecule has 0 spiro atoms. The molecule has 0 heterocycles. The molecule has 0 saturated heterocycles. The van der Waals surface area contributed by atoms with E-state index in [4.69, 9.17) is 4.74 Å². The molecule has 0 unspecified atom stereocenters. The summed E-state index contributed by atoms with van der Waals surface area (Å²) in [7, 11) is 1.40. The van der Waals surface area contributed by atoms with Crippen molar-refractivity contribution in [3.63, 3.8) is 0 Å². The fourth-order valence-electron chi connectivity index (χ4n) is 1.22. The minimum absolute atomic E-state index is 0.0162. The molecule has 0 atom stereocenters. The number of carbonyl (C=O) groups is 2. The molecular formula is C13H12O4S. The number of rotatable bonds is 3. The van der Waals surface area contributed by atoms with Crippen molar-refractivity contribution in [1.29, 1.82) is 0 Å². The minimum Gasteiger partial charge on any atom is -0.504 e. The number of aromatic hydroxyl groups is 1. The first-order chi connectivity index (χ1) is 8.58. The second kappa shape index (κ2) is 6.72. The Bertz CT molecular complexity index is 526. The van der Waals surface area contributed by atoms with Gasteiger partial charge in [-0.25, -0.2) is 0 Å². The topological polar surface area (TPSA) is 63.6 Å². The summed E-state index contributed by atoms with van der Waals surface area (Å²) in [6, 6.07) is 2.79. The van der Waals surface area contributed by atoms with Crippen LogP contribution in [0, 0.1) is 11.8 Å². The maximum Gasteiger partial charge on any atom is 0.186 e. The van der Waals surface area contributed by atoms with Crippen LogP contribution in [-0.4, -0.2) is 29.4 Å². The summed E-state index contributed by atoms with van der Waals surface area (Å²) >= 11 is 1.09. The third-order valence-electron chi connectivity index (χ3n) is 2.05. The molecule has 0 aliphatic heterocycles. The van der Waals surface area contributed by atoms with E-state index in [2.05, 4.69) is 11.8 Å². The van der Waals surface area contributed by atoms with Crippen LogP contribution in [0.3, 0.4) is 0 Å². The molecule has 0 fully saturated rings. The van der Waals surface area contributed by atoms with Gasteiger partial charge in [0.2, 0.25) is 0 Å². The summed E-state index contributed by atoms with van der Waals surface area (Å²) in [6.07, 6.45) is 0.643. The van der Waals surface area contributed by atoms with Gasteiger partial charge >= 0.3 is 0 Å². The summed E-state index contributed by atoms with van der Waals surface area (Å²) in [6.45, 7) is 1.46. The lowest BCUT2D eigenvalue weighted by Gasteiger charge is -2.05. The molecule has 1 aromatic carbocycles. The van der Waals surface area contributed by atoms with Crippen molar-refractivity contribution in [2.45, 2.75) is 6.92 Å². The van der Waals surface area contributed by atoms with Gasteiger partial charge in [0.15, 0.2) is 22.9 Å². The number of hydrogen-bond acceptors (Lipinski definition) is 5. The van der Waals surface area contributed by atoms with E-state index >= 15 is 0 Å². The Balaban J connectivity index is 2.97. The van der Waals surface area contributed by atoms with Gasteiger partial charge in [0.1, 0.15) is 0 Å². The third-order valence-corrected chi connectivity index (χ3v) is 2.74. The van der Waals surface area contributed by atoms with Crippen LogP contribution in [0.5, 0.6) is 11.5 Å².